The standard InChI is InChI=1S/C15H13N3O3S/c16-11-6-7-13-10(8-11)9-14(21-13)15(19)17-18-22(20)12-4-2-1-3-5-12/h1-9,18H,16H2,(H,17,19). The van der Waals surface area contributed by atoms with Crippen molar-refractivity contribution >= 4 is 33.5 Å². The maximum atomic E-state index is 12.0. The lowest BCUT2D eigenvalue weighted by Crippen LogP contribution is -2.38. The topological polar surface area (TPSA) is 97.4 Å². The van der Waals surface area contributed by atoms with Crippen molar-refractivity contribution in [2.75, 3.05) is 5.73 Å². The first kappa shape index (κ1) is 14.3. The average Bonchev–Trinajstić information content (AvgIpc) is 2.96. The van der Waals surface area contributed by atoms with Gasteiger partial charge in [-0.15, -0.1) is 4.83 Å². The van der Waals surface area contributed by atoms with E-state index in [-0.39, 0.29) is 5.76 Å². The predicted molar refractivity (Wildman–Crippen MR) is 84.1 cm³/mol. The smallest absolute Gasteiger partial charge is 0.301 e. The van der Waals surface area contributed by atoms with Crippen molar-refractivity contribution in [3.63, 3.8) is 0 Å². The molecule has 0 saturated heterocycles. The molecule has 3 rings (SSSR count). The van der Waals surface area contributed by atoms with E-state index < -0.39 is 16.9 Å². The van der Waals surface area contributed by atoms with Crippen molar-refractivity contribution in [1.29, 1.82) is 0 Å². The van der Waals surface area contributed by atoms with E-state index in [1.165, 1.54) is 0 Å². The maximum absolute atomic E-state index is 12.0. The highest BCUT2D eigenvalue weighted by molar-refractivity contribution is 7.83. The Morgan fingerprint density at radius 3 is 2.64 bits per heavy atom. The van der Waals surface area contributed by atoms with Crippen LogP contribution in [-0.4, -0.2) is 10.1 Å². The SMILES string of the molecule is Nc1ccc2oc(C(=O)NNS(=O)c3ccccc3)cc2c1. The molecule has 0 saturated carbocycles. The zero-order chi connectivity index (χ0) is 15.5. The second-order valence-electron chi connectivity index (χ2n) is 4.55. The van der Waals surface area contributed by atoms with Crippen molar-refractivity contribution in [2.24, 2.45) is 0 Å². The summed E-state index contributed by atoms with van der Waals surface area (Å²) in [5, 5.41) is 0.731. The van der Waals surface area contributed by atoms with E-state index in [9.17, 15) is 9.00 Å². The first-order valence-corrected chi connectivity index (χ1v) is 7.60. The van der Waals surface area contributed by atoms with Crippen LogP contribution in [0.4, 0.5) is 5.69 Å². The van der Waals surface area contributed by atoms with Crippen LogP contribution in [-0.2, 0) is 11.0 Å². The Hall–Kier alpha value is -2.64. The van der Waals surface area contributed by atoms with Crippen LogP contribution in [0.15, 0.2) is 63.9 Å². The zero-order valence-electron chi connectivity index (χ0n) is 11.4. The second-order valence-corrected chi connectivity index (χ2v) is 5.76. The number of amides is 1. The minimum Gasteiger partial charge on any atom is -0.451 e. The Morgan fingerprint density at radius 2 is 1.86 bits per heavy atom. The number of carbonyl (C=O) groups is 1. The van der Waals surface area contributed by atoms with Crippen molar-refractivity contribution < 1.29 is 13.4 Å². The summed E-state index contributed by atoms with van der Waals surface area (Å²) in [6.07, 6.45) is 0. The third kappa shape index (κ3) is 3.00. The molecule has 1 unspecified atom stereocenters. The predicted octanol–water partition coefficient (Wildman–Crippen LogP) is 1.97. The van der Waals surface area contributed by atoms with Crippen LogP contribution in [0.25, 0.3) is 11.0 Å². The van der Waals surface area contributed by atoms with Crippen LogP contribution in [0, 0.1) is 0 Å². The van der Waals surface area contributed by atoms with Crippen LogP contribution in [0.2, 0.25) is 0 Å². The Kier molecular flexibility index (Phi) is 3.90. The molecule has 1 heterocycles. The Labute approximate surface area is 128 Å². The van der Waals surface area contributed by atoms with Crippen LogP contribution in [0.3, 0.4) is 0 Å². The van der Waals surface area contributed by atoms with Crippen molar-refractivity contribution in [3.05, 3.63) is 60.4 Å². The molecule has 0 aliphatic carbocycles. The van der Waals surface area contributed by atoms with Crippen LogP contribution < -0.4 is 16.0 Å². The Bertz CT molecular complexity index is 846. The molecule has 1 amide bonds. The molecule has 22 heavy (non-hydrogen) atoms. The minimum atomic E-state index is -1.54. The lowest BCUT2D eigenvalue weighted by Gasteiger charge is -2.04. The number of hydrazine groups is 1. The van der Waals surface area contributed by atoms with E-state index in [2.05, 4.69) is 10.3 Å². The van der Waals surface area contributed by atoms with Crippen molar-refractivity contribution in [2.45, 2.75) is 4.90 Å². The molecule has 0 aliphatic rings. The Balaban J connectivity index is 1.69. The van der Waals surface area contributed by atoms with Gasteiger partial charge < -0.3 is 10.2 Å². The highest BCUT2D eigenvalue weighted by atomic mass is 32.2. The average molecular weight is 315 g/mol. The number of carbonyl (C=O) groups excluding carboxylic acids is 1. The van der Waals surface area contributed by atoms with E-state index in [0.29, 0.717) is 16.2 Å². The molecule has 6 nitrogen and oxygen atoms in total. The normalized spacial score (nSPS) is 12.2. The summed E-state index contributed by atoms with van der Waals surface area (Å²) >= 11 is 0. The summed E-state index contributed by atoms with van der Waals surface area (Å²) < 4.78 is 17.4. The zero-order valence-corrected chi connectivity index (χ0v) is 12.2. The van der Waals surface area contributed by atoms with Gasteiger partial charge in [-0.25, -0.2) is 4.21 Å². The molecule has 3 aromatic rings. The molecule has 0 radical (unpaired) electrons. The molecule has 0 spiro atoms. The lowest BCUT2D eigenvalue weighted by molar-refractivity contribution is 0.0920. The number of nitrogens with two attached hydrogens (primary N) is 1. The quantitative estimate of drug-likeness (QED) is 0.506. The number of fused-ring (bicyclic) bond motifs is 1. The number of hydrogen-bond donors (Lipinski definition) is 3. The van der Waals surface area contributed by atoms with Gasteiger partial charge in [0.2, 0.25) is 0 Å². The monoisotopic (exact) mass is 315 g/mol. The number of anilines is 1. The third-order valence-corrected chi connectivity index (χ3v) is 3.97. The van der Waals surface area contributed by atoms with Gasteiger partial charge in [0, 0.05) is 11.1 Å². The van der Waals surface area contributed by atoms with Crippen molar-refractivity contribution in [1.82, 2.24) is 10.3 Å². The van der Waals surface area contributed by atoms with E-state index in [1.54, 1.807) is 48.5 Å². The van der Waals surface area contributed by atoms with Gasteiger partial charge in [0.15, 0.2) is 5.76 Å². The lowest BCUT2D eigenvalue weighted by atomic mass is 10.2. The first-order valence-electron chi connectivity index (χ1n) is 6.45. The number of benzene rings is 2. The van der Waals surface area contributed by atoms with Crippen LogP contribution in [0.1, 0.15) is 10.6 Å². The summed E-state index contributed by atoms with van der Waals surface area (Å²) in [5.74, 6) is -0.405. The highest BCUT2D eigenvalue weighted by Gasteiger charge is 2.13. The summed E-state index contributed by atoms with van der Waals surface area (Å²) in [4.78, 5) is 15.0. The number of furan rings is 1. The Morgan fingerprint density at radius 1 is 1.09 bits per heavy atom. The van der Waals surface area contributed by atoms with Gasteiger partial charge in [-0.2, -0.15) is 0 Å². The second kappa shape index (κ2) is 6.00. The molecule has 112 valence electrons. The summed E-state index contributed by atoms with van der Waals surface area (Å²) in [5.41, 5.74) is 9.18. The molecular formula is C15H13N3O3S. The first-order chi connectivity index (χ1) is 10.6. The molecule has 0 bridgehead atoms. The molecule has 7 heteroatoms. The van der Waals surface area contributed by atoms with Crippen LogP contribution in [0.5, 0.6) is 0 Å². The van der Waals surface area contributed by atoms with E-state index in [1.807, 2.05) is 6.07 Å². The van der Waals surface area contributed by atoms with Crippen LogP contribution >= 0.6 is 0 Å². The molecule has 4 N–H and O–H groups in total. The molecular weight excluding hydrogens is 302 g/mol. The number of rotatable bonds is 4. The number of nitrogen functional groups attached to an aromatic ring is 1. The van der Waals surface area contributed by atoms with E-state index >= 15 is 0 Å². The molecule has 2 aromatic carbocycles. The van der Waals surface area contributed by atoms with E-state index in [0.717, 1.165) is 5.39 Å². The fourth-order valence-corrected chi connectivity index (χ4v) is 2.64. The van der Waals surface area contributed by atoms with Crippen molar-refractivity contribution in [3.8, 4) is 0 Å². The molecule has 0 fully saturated rings. The van der Waals surface area contributed by atoms with Gasteiger partial charge in [-0.3, -0.25) is 10.2 Å². The van der Waals surface area contributed by atoms with Gasteiger partial charge >= 0.3 is 5.91 Å². The van der Waals surface area contributed by atoms with Gasteiger partial charge in [0.1, 0.15) is 16.6 Å². The van der Waals surface area contributed by atoms with Gasteiger partial charge in [-0.1, -0.05) is 18.2 Å². The summed E-state index contributed by atoms with van der Waals surface area (Å²) in [6, 6.07) is 15.4. The molecule has 1 atom stereocenters. The fourth-order valence-electron chi connectivity index (χ4n) is 1.93. The highest BCUT2D eigenvalue weighted by Crippen LogP contribution is 2.21. The summed E-state index contributed by atoms with van der Waals surface area (Å²) in [6.45, 7) is 0. The molecule has 1 aromatic heterocycles. The van der Waals surface area contributed by atoms with Gasteiger partial charge in [-0.05, 0) is 36.4 Å². The number of nitrogens with one attached hydrogen (secondary N) is 2. The minimum absolute atomic E-state index is 0.109. The van der Waals surface area contributed by atoms with Gasteiger partial charge in [0.05, 0.1) is 4.90 Å². The fraction of sp³-hybridized carbons (Fsp3) is 0. The summed E-state index contributed by atoms with van der Waals surface area (Å²) in [7, 11) is -1.54. The number of hydrogen-bond acceptors (Lipinski definition) is 4. The maximum Gasteiger partial charge on any atom is 0.301 e. The van der Waals surface area contributed by atoms with Gasteiger partial charge in [0.25, 0.3) is 0 Å². The third-order valence-electron chi connectivity index (χ3n) is 2.98. The molecule has 0 aliphatic heterocycles. The largest absolute Gasteiger partial charge is 0.451 e. The van der Waals surface area contributed by atoms with E-state index in [4.69, 9.17) is 10.2 Å².